The van der Waals surface area contributed by atoms with Crippen molar-refractivity contribution in [3.05, 3.63) is 114 Å². The third kappa shape index (κ3) is 7.54. The van der Waals surface area contributed by atoms with E-state index in [4.69, 9.17) is 18.1 Å². The van der Waals surface area contributed by atoms with Crippen LogP contribution in [-0.2, 0) is 32.9 Å². The first kappa shape index (κ1) is 22.6. The SMILES string of the molecule is [2H]C([2H])([2H])c1c[c-]c(-c2ccc(C([2H])([2H])C(C)(C)C)cn2)cc1.[2H]C([2H])([2H])c1cc2oc3c[c-]c(-c4cc(C([2H])([2H])C(C)(C)C)ccn4)c4ccc(n1)c2c34.[Ir]. The van der Waals surface area contributed by atoms with Gasteiger partial charge in [0, 0.05) is 63.4 Å². The molecule has 46 heavy (non-hydrogen) atoms. The van der Waals surface area contributed by atoms with Crippen LogP contribution in [0.1, 0.15) is 77.6 Å². The fourth-order valence-corrected chi connectivity index (χ4v) is 5.26. The number of hydrogen-bond acceptors (Lipinski definition) is 4. The van der Waals surface area contributed by atoms with Crippen LogP contribution in [0, 0.1) is 36.7 Å². The van der Waals surface area contributed by atoms with Crippen LogP contribution in [0.5, 0.6) is 0 Å². The van der Waals surface area contributed by atoms with Crippen molar-refractivity contribution in [2.24, 2.45) is 10.8 Å². The molecular formula is C41H41IrN3O-2. The molecule has 0 N–H and O–H groups in total. The summed E-state index contributed by atoms with van der Waals surface area (Å²) in [7, 11) is 0. The van der Waals surface area contributed by atoms with Crippen molar-refractivity contribution < 1.29 is 38.2 Å². The van der Waals surface area contributed by atoms with Crippen molar-refractivity contribution in [3.63, 3.8) is 0 Å². The topological polar surface area (TPSA) is 51.8 Å². The summed E-state index contributed by atoms with van der Waals surface area (Å²) in [5, 5.41) is 2.45. The number of nitrogens with zero attached hydrogens (tertiary/aromatic N) is 3. The fourth-order valence-electron chi connectivity index (χ4n) is 5.26. The van der Waals surface area contributed by atoms with E-state index in [1.54, 1.807) is 54.7 Å². The largest absolute Gasteiger partial charge is 0.500 e. The van der Waals surface area contributed by atoms with E-state index in [2.05, 4.69) is 27.1 Å². The molecule has 0 atom stereocenters. The van der Waals surface area contributed by atoms with Gasteiger partial charge in [0.25, 0.3) is 0 Å². The Hall–Kier alpha value is -3.92. The number of pyridine rings is 3. The molecule has 0 aliphatic rings. The predicted octanol–water partition coefficient (Wildman–Crippen LogP) is 10.8. The number of benzene rings is 3. The molecule has 4 aromatic heterocycles. The number of aryl methyl sites for hydroxylation is 2. The van der Waals surface area contributed by atoms with Gasteiger partial charge in [0.05, 0.1) is 11.1 Å². The van der Waals surface area contributed by atoms with Crippen molar-refractivity contribution in [3.8, 4) is 22.5 Å². The Morgan fingerprint density at radius 3 is 2.24 bits per heavy atom. The van der Waals surface area contributed by atoms with Gasteiger partial charge in [-0.3, -0.25) is 4.98 Å². The third-order valence-corrected chi connectivity index (χ3v) is 6.93. The van der Waals surface area contributed by atoms with Crippen molar-refractivity contribution in [2.45, 2.75) is 68.0 Å². The van der Waals surface area contributed by atoms with Crippen molar-refractivity contribution >= 4 is 32.8 Å². The molecule has 0 saturated heterocycles. The zero-order chi connectivity index (χ0) is 40.5. The van der Waals surface area contributed by atoms with Gasteiger partial charge in [0.2, 0.25) is 0 Å². The molecule has 7 rings (SSSR count). The van der Waals surface area contributed by atoms with Gasteiger partial charge in [-0.15, -0.1) is 53.1 Å². The van der Waals surface area contributed by atoms with Crippen molar-refractivity contribution in [1.29, 1.82) is 0 Å². The summed E-state index contributed by atoms with van der Waals surface area (Å²) in [6.45, 7) is 6.69. The van der Waals surface area contributed by atoms with Crippen LogP contribution in [0.2, 0.25) is 0 Å². The Morgan fingerprint density at radius 1 is 0.761 bits per heavy atom. The second-order valence-electron chi connectivity index (χ2n) is 13.1. The van der Waals surface area contributed by atoms with Crippen LogP contribution < -0.4 is 0 Å². The molecule has 0 bridgehead atoms. The summed E-state index contributed by atoms with van der Waals surface area (Å²) in [5.41, 5.74) is 4.46. The molecule has 1 radical (unpaired) electrons. The minimum atomic E-state index is -2.33. The van der Waals surface area contributed by atoms with Gasteiger partial charge in [0.15, 0.2) is 0 Å². The molecule has 0 spiro atoms. The van der Waals surface area contributed by atoms with Gasteiger partial charge >= 0.3 is 0 Å². The standard InChI is InChI=1S/C24H21N2O.C17H20N.Ir/c1-14-11-21-23-18(26-14)7-5-17-16(6-8-20(27-21)22(17)23)19-12-15(9-10-25-19)13-24(2,3)4;1-13-5-8-15(9-6-13)16-10-7-14(12-18-16)11-17(2,3)4;/h5,7-12H,13H2,1-4H3;5-8,10,12H,11H2,1-4H3;/q2*-1;/i1D3,13D2;1D3,11D2;. The molecule has 7 aromatic rings. The molecule has 0 saturated carbocycles. The molecule has 0 aliphatic carbocycles. The maximum absolute atomic E-state index is 8.62. The molecule has 0 fully saturated rings. The van der Waals surface area contributed by atoms with Gasteiger partial charge in [-0.25, -0.2) is 0 Å². The Bertz CT molecular complexity index is 2480. The Kier molecular flexibility index (Phi) is 6.41. The van der Waals surface area contributed by atoms with Crippen molar-refractivity contribution in [2.75, 3.05) is 0 Å². The van der Waals surface area contributed by atoms with E-state index in [1.807, 2.05) is 47.6 Å². The van der Waals surface area contributed by atoms with E-state index in [9.17, 15) is 0 Å². The number of rotatable bonds is 4. The van der Waals surface area contributed by atoms with E-state index < -0.39 is 37.3 Å². The predicted molar refractivity (Wildman–Crippen MR) is 187 cm³/mol. The van der Waals surface area contributed by atoms with Crippen LogP contribution >= 0.6 is 0 Å². The summed E-state index contributed by atoms with van der Waals surface area (Å²) in [6.07, 6.45) is 0.112. The maximum Gasteiger partial charge on any atom is 0.124 e. The molecule has 0 unspecified atom stereocenters. The molecule has 3 aromatic carbocycles. The monoisotopic (exact) mass is 794 g/mol. The number of hydrogen-bond donors (Lipinski definition) is 0. The molecule has 5 heteroatoms. The molecule has 0 aliphatic heterocycles. The zero-order valence-electron chi connectivity index (χ0n) is 36.6. The third-order valence-electron chi connectivity index (χ3n) is 6.93. The first-order valence-corrected chi connectivity index (χ1v) is 14.8. The summed E-state index contributed by atoms with van der Waals surface area (Å²) in [5.74, 6) is 0. The van der Waals surface area contributed by atoms with Crippen LogP contribution in [-0.4, -0.2) is 15.0 Å². The molecule has 0 amide bonds. The van der Waals surface area contributed by atoms with Gasteiger partial charge in [-0.1, -0.05) is 83.6 Å². The Balaban J connectivity index is 0.000000223. The van der Waals surface area contributed by atoms with Crippen LogP contribution in [0.15, 0.2) is 83.5 Å². The Morgan fingerprint density at radius 2 is 1.57 bits per heavy atom. The average Bonchev–Trinajstić information content (AvgIpc) is 3.49. The molecule has 237 valence electrons. The van der Waals surface area contributed by atoms with Gasteiger partial charge < -0.3 is 14.4 Å². The second kappa shape index (κ2) is 13.1. The normalized spacial score (nSPS) is 16.3. The van der Waals surface area contributed by atoms with Crippen LogP contribution in [0.25, 0.3) is 55.4 Å². The quantitative estimate of drug-likeness (QED) is 0.132. The summed E-state index contributed by atoms with van der Waals surface area (Å²) in [4.78, 5) is 13.2. The van der Waals surface area contributed by atoms with Gasteiger partial charge in [0.1, 0.15) is 5.58 Å². The minimum absolute atomic E-state index is 0. The summed E-state index contributed by atoms with van der Waals surface area (Å²) < 4.78 is 84.8. The number of furan rings is 1. The first-order valence-electron chi connectivity index (χ1n) is 19.8. The summed E-state index contributed by atoms with van der Waals surface area (Å²) in [6, 6.07) is 24.6. The fraction of sp³-hybridized carbons (Fsp3) is 0.293. The average molecular weight is 794 g/mol. The zero-order valence-corrected chi connectivity index (χ0v) is 29.0. The number of aromatic nitrogens is 3. The second-order valence-corrected chi connectivity index (χ2v) is 13.1. The van der Waals surface area contributed by atoms with Crippen LogP contribution in [0.4, 0.5) is 0 Å². The maximum atomic E-state index is 8.62. The van der Waals surface area contributed by atoms with E-state index >= 15 is 0 Å². The molecular weight excluding hydrogens is 743 g/mol. The van der Waals surface area contributed by atoms with Crippen LogP contribution in [0.3, 0.4) is 0 Å². The molecule has 4 heterocycles. The van der Waals surface area contributed by atoms with Crippen molar-refractivity contribution in [1.82, 2.24) is 15.0 Å². The Labute approximate surface area is 300 Å². The van der Waals surface area contributed by atoms with Gasteiger partial charge in [-0.05, 0) is 64.9 Å². The van der Waals surface area contributed by atoms with Gasteiger partial charge in [-0.2, -0.15) is 0 Å². The summed E-state index contributed by atoms with van der Waals surface area (Å²) >= 11 is 0. The molecule has 4 nitrogen and oxygen atoms in total. The van der Waals surface area contributed by atoms with E-state index in [1.165, 1.54) is 18.3 Å². The first-order chi connectivity index (χ1) is 25.3. The van der Waals surface area contributed by atoms with E-state index in [0.29, 0.717) is 44.8 Å². The van der Waals surface area contributed by atoms with E-state index in [-0.39, 0.29) is 31.4 Å². The minimum Gasteiger partial charge on any atom is -0.500 e. The smallest absolute Gasteiger partial charge is 0.124 e. The van der Waals surface area contributed by atoms with E-state index in [0.717, 1.165) is 21.7 Å².